The van der Waals surface area contributed by atoms with Gasteiger partial charge in [0, 0.05) is 34.0 Å². The predicted molar refractivity (Wildman–Crippen MR) is 86.1 cm³/mol. The SMILES string of the molecule is FC(F)(F)[C@H]1Cc2c([nH]c3ccc(Cl)cc23)[C@@H](c2cccnc2)N1. The Bertz CT molecular complexity index is 889. The number of pyridine rings is 1. The third kappa shape index (κ3) is 2.56. The van der Waals surface area contributed by atoms with Gasteiger partial charge in [-0.3, -0.25) is 10.3 Å². The van der Waals surface area contributed by atoms with Crippen molar-refractivity contribution in [3.63, 3.8) is 0 Å². The summed E-state index contributed by atoms with van der Waals surface area (Å²) in [6.07, 6.45) is -1.28. The van der Waals surface area contributed by atoms with Crippen LogP contribution in [0.2, 0.25) is 5.02 Å². The summed E-state index contributed by atoms with van der Waals surface area (Å²) in [7, 11) is 0. The monoisotopic (exact) mass is 351 g/mol. The number of nitrogens with zero attached hydrogens (tertiary/aromatic N) is 1. The van der Waals surface area contributed by atoms with Gasteiger partial charge in [-0.1, -0.05) is 17.7 Å². The van der Waals surface area contributed by atoms with Crippen LogP contribution in [0.3, 0.4) is 0 Å². The number of nitrogens with one attached hydrogen (secondary N) is 2. The van der Waals surface area contributed by atoms with Crippen molar-refractivity contribution in [3.05, 3.63) is 64.6 Å². The van der Waals surface area contributed by atoms with E-state index < -0.39 is 18.3 Å². The van der Waals surface area contributed by atoms with Crippen molar-refractivity contribution in [2.24, 2.45) is 0 Å². The summed E-state index contributed by atoms with van der Waals surface area (Å²) in [6.45, 7) is 0. The first kappa shape index (κ1) is 15.5. The molecule has 0 saturated carbocycles. The third-order valence-electron chi connectivity index (χ3n) is 4.38. The smallest absolute Gasteiger partial charge is 0.357 e. The molecule has 24 heavy (non-hydrogen) atoms. The number of aromatic nitrogens is 2. The summed E-state index contributed by atoms with van der Waals surface area (Å²) < 4.78 is 40.2. The van der Waals surface area contributed by atoms with E-state index >= 15 is 0 Å². The van der Waals surface area contributed by atoms with E-state index in [-0.39, 0.29) is 6.42 Å². The number of halogens is 4. The van der Waals surface area contributed by atoms with Crippen LogP contribution < -0.4 is 5.32 Å². The molecule has 1 aliphatic heterocycles. The Kier molecular flexibility index (Phi) is 3.54. The highest BCUT2D eigenvalue weighted by molar-refractivity contribution is 6.31. The highest BCUT2D eigenvalue weighted by Crippen LogP contribution is 2.39. The number of fused-ring (bicyclic) bond motifs is 3. The number of aromatic amines is 1. The number of benzene rings is 1. The summed E-state index contributed by atoms with van der Waals surface area (Å²) in [5, 5.41) is 3.95. The van der Waals surface area contributed by atoms with E-state index in [9.17, 15) is 13.2 Å². The van der Waals surface area contributed by atoms with E-state index in [1.165, 1.54) is 0 Å². The van der Waals surface area contributed by atoms with E-state index in [1.54, 1.807) is 42.7 Å². The minimum atomic E-state index is -4.33. The molecule has 0 aliphatic carbocycles. The van der Waals surface area contributed by atoms with Gasteiger partial charge in [0.1, 0.15) is 6.04 Å². The molecule has 3 aromatic rings. The van der Waals surface area contributed by atoms with E-state index in [0.29, 0.717) is 16.1 Å². The molecule has 0 saturated heterocycles. The molecule has 0 fully saturated rings. The topological polar surface area (TPSA) is 40.7 Å². The van der Waals surface area contributed by atoms with Crippen molar-refractivity contribution in [1.29, 1.82) is 0 Å². The van der Waals surface area contributed by atoms with E-state index in [1.807, 2.05) is 0 Å². The van der Waals surface area contributed by atoms with Crippen molar-refractivity contribution in [2.45, 2.75) is 24.7 Å². The lowest BCUT2D eigenvalue weighted by Crippen LogP contribution is -2.48. The van der Waals surface area contributed by atoms with Gasteiger partial charge in [0.2, 0.25) is 0 Å². The molecule has 1 aromatic carbocycles. The Hall–Kier alpha value is -2.05. The van der Waals surface area contributed by atoms with Crippen LogP contribution in [0, 0.1) is 0 Å². The average Bonchev–Trinajstić information content (AvgIpc) is 2.92. The fourth-order valence-electron chi connectivity index (χ4n) is 3.27. The summed E-state index contributed by atoms with van der Waals surface area (Å²) in [5.41, 5.74) is 2.86. The van der Waals surface area contributed by atoms with Gasteiger partial charge >= 0.3 is 6.18 Å². The Balaban J connectivity index is 1.91. The number of hydrogen-bond donors (Lipinski definition) is 2. The summed E-state index contributed by atoms with van der Waals surface area (Å²) in [5.74, 6) is 0. The number of hydrogen-bond acceptors (Lipinski definition) is 2. The number of rotatable bonds is 1. The zero-order valence-corrected chi connectivity index (χ0v) is 13.1. The van der Waals surface area contributed by atoms with Crippen LogP contribution in [0.25, 0.3) is 10.9 Å². The molecule has 0 amide bonds. The van der Waals surface area contributed by atoms with Crippen LogP contribution >= 0.6 is 11.6 Å². The number of alkyl halides is 3. The molecule has 0 bridgehead atoms. The van der Waals surface area contributed by atoms with Gasteiger partial charge in [0.05, 0.1) is 6.04 Å². The maximum absolute atomic E-state index is 13.4. The molecule has 2 N–H and O–H groups in total. The standard InChI is InChI=1S/C17H13ClF3N3/c18-10-3-4-13-11(6-10)12-7-14(17(19,20)21)24-15(16(12)23-13)9-2-1-5-22-8-9/h1-6,8,14-15,23-24H,7H2/t14-,15-/m1/s1. The Morgan fingerprint density at radius 2 is 2.04 bits per heavy atom. The highest BCUT2D eigenvalue weighted by atomic mass is 35.5. The van der Waals surface area contributed by atoms with E-state index in [4.69, 9.17) is 11.6 Å². The van der Waals surface area contributed by atoms with Crippen molar-refractivity contribution in [2.75, 3.05) is 0 Å². The fraction of sp³-hybridized carbons (Fsp3) is 0.235. The number of H-pyrrole nitrogens is 1. The van der Waals surface area contributed by atoms with E-state index in [0.717, 1.165) is 16.6 Å². The Morgan fingerprint density at radius 1 is 1.21 bits per heavy atom. The van der Waals surface area contributed by atoms with Crippen LogP contribution in [0.15, 0.2) is 42.7 Å². The summed E-state index contributed by atoms with van der Waals surface area (Å²) >= 11 is 6.04. The van der Waals surface area contributed by atoms with Crippen LogP contribution in [0.4, 0.5) is 13.2 Å². The minimum absolute atomic E-state index is 0.129. The Morgan fingerprint density at radius 3 is 2.75 bits per heavy atom. The second kappa shape index (κ2) is 5.50. The molecule has 7 heteroatoms. The van der Waals surface area contributed by atoms with Crippen LogP contribution in [-0.4, -0.2) is 22.2 Å². The zero-order chi connectivity index (χ0) is 16.9. The van der Waals surface area contributed by atoms with Gasteiger partial charge in [0.25, 0.3) is 0 Å². The average molecular weight is 352 g/mol. The van der Waals surface area contributed by atoms with Crippen molar-refractivity contribution >= 4 is 22.5 Å². The first-order chi connectivity index (χ1) is 11.4. The molecule has 3 heterocycles. The molecule has 4 rings (SSSR count). The van der Waals surface area contributed by atoms with Gasteiger partial charge < -0.3 is 4.98 Å². The maximum Gasteiger partial charge on any atom is 0.404 e. The van der Waals surface area contributed by atoms with Gasteiger partial charge in [-0.25, -0.2) is 0 Å². The van der Waals surface area contributed by atoms with Crippen molar-refractivity contribution in [1.82, 2.24) is 15.3 Å². The van der Waals surface area contributed by atoms with Gasteiger partial charge in [-0.05, 0) is 41.8 Å². The van der Waals surface area contributed by atoms with Crippen LogP contribution in [-0.2, 0) is 6.42 Å². The van der Waals surface area contributed by atoms with E-state index in [2.05, 4.69) is 15.3 Å². The second-order valence-corrected chi connectivity index (χ2v) is 6.33. The lowest BCUT2D eigenvalue weighted by molar-refractivity contribution is -0.158. The molecule has 0 spiro atoms. The molecule has 1 aliphatic rings. The lowest BCUT2D eigenvalue weighted by Gasteiger charge is -2.32. The molecule has 2 aromatic heterocycles. The summed E-state index contributed by atoms with van der Waals surface area (Å²) in [4.78, 5) is 7.28. The molecular weight excluding hydrogens is 339 g/mol. The second-order valence-electron chi connectivity index (χ2n) is 5.89. The molecule has 0 unspecified atom stereocenters. The maximum atomic E-state index is 13.4. The normalized spacial score (nSPS) is 21.0. The Labute approximate surface area is 140 Å². The lowest BCUT2D eigenvalue weighted by atomic mass is 9.90. The van der Waals surface area contributed by atoms with Gasteiger partial charge in [-0.15, -0.1) is 0 Å². The van der Waals surface area contributed by atoms with Crippen LogP contribution in [0.1, 0.15) is 22.9 Å². The van der Waals surface area contributed by atoms with Crippen LogP contribution in [0.5, 0.6) is 0 Å². The largest absolute Gasteiger partial charge is 0.404 e. The van der Waals surface area contributed by atoms with Gasteiger partial charge in [0.15, 0.2) is 0 Å². The summed E-state index contributed by atoms with van der Waals surface area (Å²) in [6, 6.07) is 6.50. The van der Waals surface area contributed by atoms with Crippen molar-refractivity contribution in [3.8, 4) is 0 Å². The predicted octanol–water partition coefficient (Wildman–Crippen LogP) is 4.38. The molecule has 2 atom stereocenters. The molecule has 3 nitrogen and oxygen atoms in total. The molecule has 124 valence electrons. The van der Waals surface area contributed by atoms with Crippen molar-refractivity contribution < 1.29 is 13.2 Å². The third-order valence-corrected chi connectivity index (χ3v) is 4.61. The molecule has 0 radical (unpaired) electrons. The fourth-order valence-corrected chi connectivity index (χ4v) is 3.45. The quantitative estimate of drug-likeness (QED) is 0.683. The zero-order valence-electron chi connectivity index (χ0n) is 12.4. The minimum Gasteiger partial charge on any atom is -0.357 e. The molecular formula is C17H13ClF3N3. The highest BCUT2D eigenvalue weighted by Gasteiger charge is 2.45. The first-order valence-electron chi connectivity index (χ1n) is 7.46. The van der Waals surface area contributed by atoms with Gasteiger partial charge in [-0.2, -0.15) is 13.2 Å². The first-order valence-corrected chi connectivity index (χ1v) is 7.84.